The Kier molecular flexibility index (Phi) is 2.85. The van der Waals surface area contributed by atoms with E-state index in [0.717, 1.165) is 17.7 Å². The Balaban J connectivity index is 2.12. The number of anilines is 1. The average molecular weight is 255 g/mol. The molecule has 0 saturated heterocycles. The lowest BCUT2D eigenvalue weighted by atomic mass is 9.83. The highest BCUT2D eigenvalue weighted by Crippen LogP contribution is 2.35. The van der Waals surface area contributed by atoms with Gasteiger partial charge in [-0.2, -0.15) is 0 Å². The number of hydrogen-bond donors (Lipinski definition) is 1. The third kappa shape index (κ3) is 1.91. The van der Waals surface area contributed by atoms with Gasteiger partial charge in [-0.15, -0.1) is 0 Å². The van der Waals surface area contributed by atoms with E-state index < -0.39 is 0 Å². The number of fused-ring (bicyclic) bond motifs is 1. The molecule has 1 atom stereocenters. The Labute approximate surface area is 112 Å². The molecule has 2 aromatic rings. The molecule has 2 heteroatoms. The van der Waals surface area contributed by atoms with Crippen molar-refractivity contribution in [1.82, 2.24) is 0 Å². The van der Waals surface area contributed by atoms with Gasteiger partial charge in [-0.3, -0.25) is 0 Å². The van der Waals surface area contributed by atoms with E-state index in [1.807, 2.05) is 12.1 Å². The summed E-state index contributed by atoms with van der Waals surface area (Å²) in [5, 5.41) is 0.671. The summed E-state index contributed by atoms with van der Waals surface area (Å²) >= 11 is 5.95. The largest absolute Gasteiger partial charge is 0.398 e. The van der Waals surface area contributed by atoms with E-state index in [2.05, 4.69) is 36.4 Å². The van der Waals surface area contributed by atoms with Crippen molar-refractivity contribution in [2.45, 2.75) is 12.3 Å². The molecule has 0 spiro atoms. The summed E-state index contributed by atoms with van der Waals surface area (Å²) in [5.41, 5.74) is 10.5. The Bertz CT molecular complexity index is 616. The molecule has 0 fully saturated rings. The smallest absolute Gasteiger partial charge is 0.0426 e. The van der Waals surface area contributed by atoms with Gasteiger partial charge in [-0.25, -0.2) is 0 Å². The van der Waals surface area contributed by atoms with Crippen molar-refractivity contribution in [2.24, 2.45) is 0 Å². The highest BCUT2D eigenvalue weighted by molar-refractivity contribution is 6.30. The topological polar surface area (TPSA) is 26.0 Å². The fourth-order valence-electron chi connectivity index (χ4n) is 2.44. The van der Waals surface area contributed by atoms with Crippen LogP contribution in [0.4, 0.5) is 5.69 Å². The highest BCUT2D eigenvalue weighted by atomic mass is 35.5. The van der Waals surface area contributed by atoms with Crippen LogP contribution in [0.5, 0.6) is 0 Å². The van der Waals surface area contributed by atoms with Crippen molar-refractivity contribution in [3.8, 4) is 0 Å². The number of rotatable bonds is 1. The Morgan fingerprint density at radius 3 is 2.78 bits per heavy atom. The van der Waals surface area contributed by atoms with Gasteiger partial charge in [0, 0.05) is 16.6 Å². The minimum atomic E-state index is 0.118. The monoisotopic (exact) mass is 254 g/mol. The summed E-state index contributed by atoms with van der Waals surface area (Å²) in [4.78, 5) is 0. The predicted molar refractivity (Wildman–Crippen MR) is 75.7 cm³/mol. The molecule has 0 aromatic heterocycles. The molecule has 0 bridgehead atoms. The lowest BCUT2D eigenvalue weighted by Gasteiger charge is -2.22. The lowest BCUT2D eigenvalue weighted by molar-refractivity contribution is 0.930. The van der Waals surface area contributed by atoms with Gasteiger partial charge in [0.05, 0.1) is 0 Å². The van der Waals surface area contributed by atoms with Gasteiger partial charge >= 0.3 is 0 Å². The third-order valence-electron chi connectivity index (χ3n) is 3.33. The minimum absolute atomic E-state index is 0.118. The van der Waals surface area contributed by atoms with E-state index in [1.165, 1.54) is 11.1 Å². The molecule has 0 saturated carbocycles. The maximum absolute atomic E-state index is 6.07. The van der Waals surface area contributed by atoms with E-state index >= 15 is 0 Å². The molecule has 1 radical (unpaired) electrons. The second-order valence-corrected chi connectivity index (χ2v) is 4.92. The van der Waals surface area contributed by atoms with E-state index in [4.69, 9.17) is 17.3 Å². The molecule has 89 valence electrons. The van der Waals surface area contributed by atoms with Crippen molar-refractivity contribution >= 4 is 17.3 Å². The van der Waals surface area contributed by atoms with Gasteiger partial charge < -0.3 is 5.73 Å². The molecular formula is C16H13ClN. The fraction of sp³-hybridized carbons (Fsp3) is 0.125. The maximum atomic E-state index is 6.07. The zero-order valence-corrected chi connectivity index (χ0v) is 10.6. The summed E-state index contributed by atoms with van der Waals surface area (Å²) in [5.74, 6) is 0.118. The number of hydrogen-bond acceptors (Lipinski definition) is 1. The van der Waals surface area contributed by atoms with Crippen molar-refractivity contribution < 1.29 is 0 Å². The number of nitrogen functional groups attached to an aromatic ring is 1. The van der Waals surface area contributed by atoms with Gasteiger partial charge in [0.1, 0.15) is 0 Å². The summed E-state index contributed by atoms with van der Waals surface area (Å²) < 4.78 is 0. The van der Waals surface area contributed by atoms with Crippen molar-refractivity contribution in [2.75, 3.05) is 5.73 Å². The first-order valence-corrected chi connectivity index (χ1v) is 6.34. The van der Waals surface area contributed by atoms with Crippen LogP contribution in [0, 0.1) is 6.08 Å². The second kappa shape index (κ2) is 4.51. The van der Waals surface area contributed by atoms with Gasteiger partial charge in [0.2, 0.25) is 0 Å². The molecule has 1 aliphatic carbocycles. The molecular weight excluding hydrogens is 242 g/mol. The predicted octanol–water partition coefficient (Wildman–Crippen LogP) is 3.97. The molecule has 3 rings (SSSR count). The molecule has 0 heterocycles. The van der Waals surface area contributed by atoms with E-state index in [1.54, 1.807) is 6.07 Å². The SMILES string of the molecule is Nc1cc(Cl)ccc1C1[C]=CCc2ccccc21. The Morgan fingerprint density at radius 2 is 1.94 bits per heavy atom. The molecule has 1 nitrogen and oxygen atoms in total. The minimum Gasteiger partial charge on any atom is -0.398 e. The summed E-state index contributed by atoms with van der Waals surface area (Å²) in [6.07, 6.45) is 6.43. The van der Waals surface area contributed by atoms with Crippen LogP contribution < -0.4 is 5.73 Å². The van der Waals surface area contributed by atoms with E-state index in [0.29, 0.717) is 5.02 Å². The maximum Gasteiger partial charge on any atom is 0.0426 e. The normalized spacial score (nSPS) is 17.5. The molecule has 0 amide bonds. The van der Waals surface area contributed by atoms with Crippen molar-refractivity contribution in [1.29, 1.82) is 0 Å². The van der Waals surface area contributed by atoms with Gasteiger partial charge in [-0.1, -0.05) is 48.0 Å². The Hall–Kier alpha value is -1.73. The third-order valence-corrected chi connectivity index (χ3v) is 3.57. The lowest BCUT2D eigenvalue weighted by Crippen LogP contribution is -2.08. The number of nitrogens with two attached hydrogens (primary N) is 1. The van der Waals surface area contributed by atoms with Crippen molar-refractivity contribution in [3.63, 3.8) is 0 Å². The molecule has 2 N–H and O–H groups in total. The highest BCUT2D eigenvalue weighted by Gasteiger charge is 2.19. The Morgan fingerprint density at radius 1 is 1.11 bits per heavy atom. The number of halogens is 1. The van der Waals surface area contributed by atoms with Crippen LogP contribution in [0.2, 0.25) is 5.02 Å². The number of allylic oxidation sites excluding steroid dienone is 2. The van der Waals surface area contributed by atoms with E-state index in [9.17, 15) is 0 Å². The van der Waals surface area contributed by atoms with Crippen molar-refractivity contribution in [3.05, 3.63) is 76.3 Å². The van der Waals surface area contributed by atoms with E-state index in [-0.39, 0.29) is 5.92 Å². The first-order chi connectivity index (χ1) is 8.75. The summed E-state index contributed by atoms with van der Waals surface area (Å²) in [7, 11) is 0. The molecule has 18 heavy (non-hydrogen) atoms. The average Bonchev–Trinajstić information content (AvgIpc) is 2.38. The quantitative estimate of drug-likeness (QED) is 0.766. The van der Waals surface area contributed by atoms with Crippen LogP contribution in [-0.2, 0) is 6.42 Å². The summed E-state index contributed by atoms with van der Waals surface area (Å²) in [6.45, 7) is 0. The zero-order valence-electron chi connectivity index (χ0n) is 9.86. The van der Waals surface area contributed by atoms with Crippen LogP contribution >= 0.6 is 11.6 Å². The molecule has 0 aliphatic heterocycles. The second-order valence-electron chi connectivity index (χ2n) is 4.48. The summed E-state index contributed by atoms with van der Waals surface area (Å²) in [6, 6.07) is 14.1. The first kappa shape index (κ1) is 11.4. The van der Waals surface area contributed by atoms with Crippen LogP contribution in [0.3, 0.4) is 0 Å². The first-order valence-electron chi connectivity index (χ1n) is 5.96. The zero-order chi connectivity index (χ0) is 12.5. The van der Waals surface area contributed by atoms with Crippen LogP contribution in [0.25, 0.3) is 0 Å². The van der Waals surface area contributed by atoms with Gasteiger partial charge in [0.25, 0.3) is 0 Å². The molecule has 1 aliphatic rings. The fourth-order valence-corrected chi connectivity index (χ4v) is 2.62. The molecule has 2 aromatic carbocycles. The van der Waals surface area contributed by atoms with Gasteiger partial charge in [-0.05, 0) is 41.3 Å². The van der Waals surface area contributed by atoms with Crippen LogP contribution in [0.15, 0.2) is 48.5 Å². The molecule has 1 unspecified atom stereocenters. The standard InChI is InChI=1S/C16H13ClN/c17-12-8-9-15(16(18)10-12)14-7-3-5-11-4-1-2-6-13(11)14/h1-4,6,8-10,14H,5,18H2. The van der Waals surface area contributed by atoms with Gasteiger partial charge in [0.15, 0.2) is 0 Å². The van der Waals surface area contributed by atoms with Crippen LogP contribution in [0.1, 0.15) is 22.6 Å². The number of benzene rings is 2. The van der Waals surface area contributed by atoms with Crippen LogP contribution in [-0.4, -0.2) is 0 Å².